The van der Waals surface area contributed by atoms with Crippen molar-refractivity contribution in [2.45, 2.75) is 39.0 Å². The van der Waals surface area contributed by atoms with E-state index >= 15 is 0 Å². The first-order chi connectivity index (χ1) is 17.0. The topological polar surface area (TPSA) is 63.6 Å². The second-order valence-corrected chi connectivity index (χ2v) is 9.05. The van der Waals surface area contributed by atoms with Crippen molar-refractivity contribution in [1.29, 1.82) is 0 Å². The van der Waals surface area contributed by atoms with Crippen LogP contribution in [0.15, 0.2) is 84.9 Å². The van der Waals surface area contributed by atoms with Crippen molar-refractivity contribution in [3.8, 4) is 5.75 Å². The van der Waals surface area contributed by atoms with Crippen molar-refractivity contribution in [3.05, 3.63) is 102 Å². The molecular weight excluding hydrogens is 438 g/mol. The highest BCUT2D eigenvalue weighted by Crippen LogP contribution is 2.34. The number of carbonyl (C=O) groups excluding carboxylic acids is 2. The molecular formula is C29H29N3O3. The SMILES string of the molecule is CCOc1ccccc1CN1C(=O)c2cc3ccccc3n2C[C@@]1(C)C(=O)NCc1ccccc1. The molecule has 2 amide bonds. The predicted molar refractivity (Wildman–Crippen MR) is 136 cm³/mol. The smallest absolute Gasteiger partial charge is 0.271 e. The van der Waals surface area contributed by atoms with E-state index in [1.165, 1.54) is 0 Å². The molecule has 2 heterocycles. The van der Waals surface area contributed by atoms with Crippen molar-refractivity contribution in [2.75, 3.05) is 6.61 Å². The molecule has 1 aliphatic heterocycles. The van der Waals surface area contributed by atoms with Gasteiger partial charge in [0, 0.05) is 23.0 Å². The van der Waals surface area contributed by atoms with Gasteiger partial charge in [-0.3, -0.25) is 9.59 Å². The molecule has 1 atom stereocenters. The standard InChI is InChI=1S/C29H29N3O3/c1-3-35-26-16-10-8-14-23(26)19-32-27(33)25-17-22-13-7-9-15-24(22)31(25)20-29(32,2)28(34)30-18-21-11-5-4-6-12-21/h4-17H,3,18-20H2,1-2H3,(H,30,34)/t29-/m0/s1. The van der Waals surface area contributed by atoms with Gasteiger partial charge in [-0.1, -0.05) is 66.7 Å². The third-order valence-corrected chi connectivity index (χ3v) is 6.72. The van der Waals surface area contributed by atoms with Crippen LogP contribution in [-0.4, -0.2) is 33.4 Å². The van der Waals surface area contributed by atoms with Crippen LogP contribution in [0.2, 0.25) is 0 Å². The van der Waals surface area contributed by atoms with Gasteiger partial charge >= 0.3 is 0 Å². The van der Waals surface area contributed by atoms with Gasteiger partial charge in [0.15, 0.2) is 0 Å². The summed E-state index contributed by atoms with van der Waals surface area (Å²) in [6.45, 7) is 5.33. The monoisotopic (exact) mass is 467 g/mol. The van der Waals surface area contributed by atoms with E-state index in [-0.39, 0.29) is 18.4 Å². The highest BCUT2D eigenvalue weighted by atomic mass is 16.5. The molecule has 4 aromatic rings. The Labute approximate surface area is 205 Å². The Hall–Kier alpha value is -4.06. The summed E-state index contributed by atoms with van der Waals surface area (Å²) in [5, 5.41) is 4.06. The molecule has 35 heavy (non-hydrogen) atoms. The van der Waals surface area contributed by atoms with Gasteiger partial charge in [-0.25, -0.2) is 0 Å². The van der Waals surface area contributed by atoms with E-state index in [9.17, 15) is 9.59 Å². The summed E-state index contributed by atoms with van der Waals surface area (Å²) in [5.74, 6) is 0.365. The molecule has 1 aromatic heterocycles. The minimum atomic E-state index is -1.10. The Balaban J connectivity index is 1.54. The van der Waals surface area contributed by atoms with E-state index in [1.807, 2.05) is 103 Å². The number of aromatic nitrogens is 1. The zero-order chi connectivity index (χ0) is 24.4. The van der Waals surface area contributed by atoms with Crippen LogP contribution in [0.3, 0.4) is 0 Å². The molecule has 0 radical (unpaired) electrons. The quantitative estimate of drug-likeness (QED) is 0.426. The predicted octanol–water partition coefficient (Wildman–Crippen LogP) is 4.77. The van der Waals surface area contributed by atoms with Gasteiger partial charge in [0.05, 0.1) is 19.7 Å². The number of nitrogens with zero attached hydrogens (tertiary/aromatic N) is 2. The van der Waals surface area contributed by atoms with Gasteiger partial charge in [0.2, 0.25) is 5.91 Å². The van der Waals surface area contributed by atoms with E-state index < -0.39 is 5.54 Å². The van der Waals surface area contributed by atoms with Crippen LogP contribution in [0.5, 0.6) is 5.75 Å². The van der Waals surface area contributed by atoms with Gasteiger partial charge < -0.3 is 19.5 Å². The molecule has 5 rings (SSSR count). The lowest BCUT2D eigenvalue weighted by atomic mass is 9.93. The second kappa shape index (κ2) is 9.29. The fraction of sp³-hybridized carbons (Fsp3) is 0.241. The van der Waals surface area contributed by atoms with Crippen molar-refractivity contribution < 1.29 is 14.3 Å². The average Bonchev–Trinajstić information content (AvgIpc) is 3.25. The lowest BCUT2D eigenvalue weighted by Gasteiger charge is -2.44. The number of amides is 2. The zero-order valence-corrected chi connectivity index (χ0v) is 20.0. The molecule has 0 spiro atoms. The van der Waals surface area contributed by atoms with E-state index in [4.69, 9.17) is 4.74 Å². The maximum Gasteiger partial charge on any atom is 0.271 e. The van der Waals surface area contributed by atoms with Crippen molar-refractivity contribution in [3.63, 3.8) is 0 Å². The van der Waals surface area contributed by atoms with E-state index in [1.54, 1.807) is 4.90 Å². The number of benzene rings is 3. The highest BCUT2D eigenvalue weighted by molar-refractivity contribution is 6.03. The lowest BCUT2D eigenvalue weighted by molar-refractivity contribution is -0.133. The fourth-order valence-electron chi connectivity index (χ4n) is 4.82. The first kappa shape index (κ1) is 22.7. The van der Waals surface area contributed by atoms with Crippen LogP contribution < -0.4 is 10.1 Å². The molecule has 0 bridgehead atoms. The molecule has 0 saturated carbocycles. The van der Waals surface area contributed by atoms with Crippen LogP contribution in [0.4, 0.5) is 0 Å². The zero-order valence-electron chi connectivity index (χ0n) is 20.0. The van der Waals surface area contributed by atoms with E-state index in [0.29, 0.717) is 25.4 Å². The number of para-hydroxylation sites is 2. The molecule has 1 aliphatic rings. The molecule has 6 heteroatoms. The van der Waals surface area contributed by atoms with Crippen LogP contribution in [0.1, 0.15) is 35.5 Å². The Kier molecular flexibility index (Phi) is 6.03. The third kappa shape index (κ3) is 4.16. The van der Waals surface area contributed by atoms with Crippen molar-refractivity contribution in [1.82, 2.24) is 14.8 Å². The molecule has 0 fully saturated rings. The number of hydrogen-bond acceptors (Lipinski definition) is 3. The van der Waals surface area contributed by atoms with Gasteiger partial charge in [-0.05, 0) is 37.6 Å². The van der Waals surface area contributed by atoms with Crippen LogP contribution in [-0.2, 0) is 24.4 Å². The number of fused-ring (bicyclic) bond motifs is 3. The van der Waals surface area contributed by atoms with Gasteiger partial charge in [0.1, 0.15) is 17.0 Å². The summed E-state index contributed by atoms with van der Waals surface area (Å²) < 4.78 is 7.80. The molecule has 3 aromatic carbocycles. The maximum atomic E-state index is 13.9. The minimum absolute atomic E-state index is 0.170. The summed E-state index contributed by atoms with van der Waals surface area (Å²) in [4.78, 5) is 29.4. The molecule has 0 unspecified atom stereocenters. The van der Waals surface area contributed by atoms with Crippen molar-refractivity contribution >= 4 is 22.7 Å². The molecule has 0 aliphatic carbocycles. The highest BCUT2D eigenvalue weighted by Gasteiger charge is 2.47. The number of nitrogens with one attached hydrogen (secondary N) is 1. The number of ether oxygens (including phenoxy) is 1. The number of rotatable bonds is 7. The first-order valence-electron chi connectivity index (χ1n) is 11.9. The maximum absolute atomic E-state index is 13.9. The van der Waals surface area contributed by atoms with Crippen LogP contribution >= 0.6 is 0 Å². The van der Waals surface area contributed by atoms with Gasteiger partial charge in [0.25, 0.3) is 5.91 Å². The average molecular weight is 468 g/mol. The Morgan fingerprint density at radius 3 is 2.51 bits per heavy atom. The molecule has 6 nitrogen and oxygen atoms in total. The van der Waals surface area contributed by atoms with E-state index in [0.717, 1.165) is 27.8 Å². The van der Waals surface area contributed by atoms with E-state index in [2.05, 4.69) is 5.32 Å². The Morgan fingerprint density at radius 2 is 1.71 bits per heavy atom. The van der Waals surface area contributed by atoms with Gasteiger partial charge in [-0.15, -0.1) is 0 Å². The number of hydrogen-bond donors (Lipinski definition) is 1. The van der Waals surface area contributed by atoms with Crippen LogP contribution in [0.25, 0.3) is 10.9 Å². The molecule has 178 valence electrons. The molecule has 1 N–H and O–H groups in total. The fourth-order valence-corrected chi connectivity index (χ4v) is 4.82. The summed E-state index contributed by atoms with van der Waals surface area (Å²) in [6, 6.07) is 27.3. The normalized spacial score (nSPS) is 17.3. The Morgan fingerprint density at radius 1 is 1.00 bits per heavy atom. The van der Waals surface area contributed by atoms with Gasteiger partial charge in [-0.2, -0.15) is 0 Å². The summed E-state index contributed by atoms with van der Waals surface area (Å²) in [5.41, 5.74) is 2.32. The lowest BCUT2D eigenvalue weighted by Crippen LogP contribution is -2.63. The largest absolute Gasteiger partial charge is 0.494 e. The second-order valence-electron chi connectivity index (χ2n) is 9.05. The minimum Gasteiger partial charge on any atom is -0.494 e. The van der Waals surface area contributed by atoms with Crippen molar-refractivity contribution in [2.24, 2.45) is 0 Å². The summed E-state index contributed by atoms with van der Waals surface area (Å²) in [6.07, 6.45) is 0. The Bertz CT molecular complexity index is 1380. The number of carbonyl (C=O) groups is 2. The summed E-state index contributed by atoms with van der Waals surface area (Å²) >= 11 is 0. The molecule has 0 saturated heterocycles. The third-order valence-electron chi connectivity index (χ3n) is 6.72. The first-order valence-corrected chi connectivity index (χ1v) is 11.9. The van der Waals surface area contributed by atoms with Crippen LogP contribution in [0, 0.1) is 0 Å². The summed E-state index contributed by atoms with van der Waals surface area (Å²) in [7, 11) is 0.